The number of thioether (sulfide) groups is 1. The minimum absolute atomic E-state index is 0.0841. The molecule has 6 heteroatoms. The predicted octanol–water partition coefficient (Wildman–Crippen LogP) is 1.68. The number of carbonyl (C=O) groups is 1. The van der Waals surface area contributed by atoms with E-state index < -0.39 is 0 Å². The summed E-state index contributed by atoms with van der Waals surface area (Å²) in [5.74, 6) is -0.289. The van der Waals surface area contributed by atoms with E-state index in [2.05, 4.69) is 9.72 Å². The Morgan fingerprint density at radius 1 is 1.42 bits per heavy atom. The third kappa shape index (κ3) is 2.78. The number of carbonyl (C=O) groups excluding carboxylic acids is 1. The van der Waals surface area contributed by atoms with Crippen LogP contribution in [0.15, 0.2) is 34.1 Å². The minimum atomic E-state index is -0.373. The first-order valence-electron chi connectivity index (χ1n) is 5.86. The van der Waals surface area contributed by atoms with Gasteiger partial charge in [0.25, 0.3) is 5.56 Å². The number of nitrogens with zero attached hydrogens (tertiary/aromatic N) is 2. The molecule has 0 radical (unpaired) electrons. The quantitative estimate of drug-likeness (QED) is 0.629. The molecule has 0 amide bonds. The molecule has 5 nitrogen and oxygen atoms in total. The van der Waals surface area contributed by atoms with E-state index in [0.29, 0.717) is 11.6 Å². The standard InChI is InChI=1S/C13H14N2O3S/c1-3-15-10-7-5-4-6-9(10)14-12(13(15)17)19-8-11(16)18-2/h4-7H,3,8H2,1-2H3. The highest BCUT2D eigenvalue weighted by Gasteiger charge is 2.12. The van der Waals surface area contributed by atoms with Crippen LogP contribution in [-0.4, -0.2) is 28.4 Å². The number of para-hydroxylation sites is 2. The van der Waals surface area contributed by atoms with E-state index in [1.807, 2.05) is 31.2 Å². The van der Waals surface area contributed by atoms with Crippen molar-refractivity contribution < 1.29 is 9.53 Å². The Morgan fingerprint density at radius 2 is 2.16 bits per heavy atom. The highest BCUT2D eigenvalue weighted by atomic mass is 32.2. The van der Waals surface area contributed by atoms with Crippen molar-refractivity contribution in [2.75, 3.05) is 12.9 Å². The van der Waals surface area contributed by atoms with Crippen LogP contribution in [0.1, 0.15) is 6.92 Å². The van der Waals surface area contributed by atoms with Crippen LogP contribution in [0, 0.1) is 0 Å². The maximum absolute atomic E-state index is 12.2. The van der Waals surface area contributed by atoms with Gasteiger partial charge in [-0.25, -0.2) is 4.98 Å². The number of aromatic nitrogens is 2. The number of methoxy groups -OCH3 is 1. The van der Waals surface area contributed by atoms with Crippen LogP contribution < -0.4 is 5.56 Å². The molecule has 0 aliphatic heterocycles. The van der Waals surface area contributed by atoms with Gasteiger partial charge < -0.3 is 9.30 Å². The van der Waals surface area contributed by atoms with E-state index in [9.17, 15) is 9.59 Å². The number of esters is 1. The maximum Gasteiger partial charge on any atom is 0.316 e. The molecule has 0 N–H and O–H groups in total. The van der Waals surface area contributed by atoms with Crippen molar-refractivity contribution in [3.8, 4) is 0 Å². The molecule has 1 heterocycles. The first kappa shape index (κ1) is 13.6. The molecule has 1 aromatic carbocycles. The molecule has 0 saturated carbocycles. The second-order valence-electron chi connectivity index (χ2n) is 3.82. The second-order valence-corrected chi connectivity index (χ2v) is 4.78. The lowest BCUT2D eigenvalue weighted by Gasteiger charge is -2.09. The summed E-state index contributed by atoms with van der Waals surface area (Å²) in [6, 6.07) is 7.45. The van der Waals surface area contributed by atoms with E-state index in [0.717, 1.165) is 22.8 Å². The average Bonchev–Trinajstić information content (AvgIpc) is 2.44. The molecule has 100 valence electrons. The fourth-order valence-electron chi connectivity index (χ4n) is 1.76. The monoisotopic (exact) mass is 278 g/mol. The van der Waals surface area contributed by atoms with Crippen LogP contribution in [-0.2, 0) is 16.1 Å². The molecule has 2 rings (SSSR count). The van der Waals surface area contributed by atoms with Crippen molar-refractivity contribution in [3.05, 3.63) is 34.6 Å². The van der Waals surface area contributed by atoms with Crippen molar-refractivity contribution in [1.29, 1.82) is 0 Å². The lowest BCUT2D eigenvalue weighted by atomic mass is 10.3. The smallest absolute Gasteiger partial charge is 0.316 e. The molecule has 0 unspecified atom stereocenters. The van der Waals surface area contributed by atoms with E-state index in [4.69, 9.17) is 0 Å². The Bertz CT molecular complexity index is 666. The highest BCUT2D eigenvalue weighted by molar-refractivity contribution is 7.99. The normalized spacial score (nSPS) is 10.6. The van der Waals surface area contributed by atoms with E-state index in [-0.39, 0.29) is 17.3 Å². The summed E-state index contributed by atoms with van der Waals surface area (Å²) in [5, 5.41) is 0.325. The van der Waals surface area contributed by atoms with E-state index in [1.165, 1.54) is 7.11 Å². The lowest BCUT2D eigenvalue weighted by molar-refractivity contribution is -0.137. The summed E-state index contributed by atoms with van der Waals surface area (Å²) in [6.07, 6.45) is 0. The molecule has 19 heavy (non-hydrogen) atoms. The minimum Gasteiger partial charge on any atom is -0.468 e. The fraction of sp³-hybridized carbons (Fsp3) is 0.308. The third-order valence-corrected chi connectivity index (χ3v) is 3.61. The van der Waals surface area contributed by atoms with Gasteiger partial charge in [-0.2, -0.15) is 0 Å². The molecule has 1 aromatic heterocycles. The van der Waals surface area contributed by atoms with Gasteiger partial charge in [-0.15, -0.1) is 0 Å². The van der Waals surface area contributed by atoms with Crippen LogP contribution in [0.5, 0.6) is 0 Å². The van der Waals surface area contributed by atoms with Crippen molar-refractivity contribution in [2.24, 2.45) is 0 Å². The Kier molecular flexibility index (Phi) is 4.21. The third-order valence-electron chi connectivity index (χ3n) is 2.69. The summed E-state index contributed by atoms with van der Waals surface area (Å²) < 4.78 is 6.21. The molecule has 0 fully saturated rings. The van der Waals surface area contributed by atoms with Gasteiger partial charge in [0.2, 0.25) is 0 Å². The number of rotatable bonds is 4. The van der Waals surface area contributed by atoms with E-state index in [1.54, 1.807) is 4.57 Å². The molecule has 0 atom stereocenters. The number of aryl methyl sites for hydroxylation is 1. The van der Waals surface area contributed by atoms with Gasteiger partial charge in [0.1, 0.15) is 0 Å². The van der Waals surface area contributed by atoms with Gasteiger partial charge in [-0.3, -0.25) is 9.59 Å². The molecule has 2 aromatic rings. The Balaban J connectivity index is 2.47. The number of benzene rings is 1. The Morgan fingerprint density at radius 3 is 2.84 bits per heavy atom. The highest BCUT2D eigenvalue weighted by Crippen LogP contribution is 2.16. The number of hydrogen-bond donors (Lipinski definition) is 0. The zero-order chi connectivity index (χ0) is 13.8. The zero-order valence-electron chi connectivity index (χ0n) is 10.8. The topological polar surface area (TPSA) is 61.2 Å². The van der Waals surface area contributed by atoms with Gasteiger partial charge in [-0.05, 0) is 19.1 Å². The van der Waals surface area contributed by atoms with Gasteiger partial charge in [-0.1, -0.05) is 23.9 Å². The molecular formula is C13H14N2O3S. The van der Waals surface area contributed by atoms with Crippen LogP contribution in [0.2, 0.25) is 0 Å². The Labute approximate surface area is 114 Å². The Hall–Kier alpha value is -1.82. The number of ether oxygens (including phenoxy) is 1. The largest absolute Gasteiger partial charge is 0.468 e. The van der Waals surface area contributed by atoms with Crippen LogP contribution in [0.3, 0.4) is 0 Å². The first-order valence-corrected chi connectivity index (χ1v) is 6.85. The van der Waals surface area contributed by atoms with Gasteiger partial charge in [0, 0.05) is 6.54 Å². The summed E-state index contributed by atoms with van der Waals surface area (Å²) in [5.41, 5.74) is 1.38. The second kappa shape index (κ2) is 5.88. The van der Waals surface area contributed by atoms with E-state index >= 15 is 0 Å². The van der Waals surface area contributed by atoms with Crippen LogP contribution in [0.4, 0.5) is 0 Å². The van der Waals surface area contributed by atoms with Crippen LogP contribution >= 0.6 is 11.8 Å². The summed E-state index contributed by atoms with van der Waals surface area (Å²) in [7, 11) is 1.32. The zero-order valence-corrected chi connectivity index (χ0v) is 11.6. The van der Waals surface area contributed by atoms with Gasteiger partial charge >= 0.3 is 5.97 Å². The maximum atomic E-state index is 12.2. The molecule has 0 bridgehead atoms. The van der Waals surface area contributed by atoms with Crippen molar-refractivity contribution in [3.63, 3.8) is 0 Å². The summed E-state index contributed by atoms with van der Waals surface area (Å²) in [6.45, 7) is 2.47. The fourth-order valence-corrected chi connectivity index (χ4v) is 2.53. The average molecular weight is 278 g/mol. The SMILES string of the molecule is CCn1c(=O)c(SCC(=O)OC)nc2ccccc21. The first-order chi connectivity index (χ1) is 9.17. The summed E-state index contributed by atoms with van der Waals surface area (Å²) >= 11 is 1.11. The summed E-state index contributed by atoms with van der Waals surface area (Å²) in [4.78, 5) is 27.7. The lowest BCUT2D eigenvalue weighted by Crippen LogP contribution is -2.23. The van der Waals surface area contributed by atoms with Gasteiger partial charge in [0.05, 0.1) is 23.9 Å². The predicted molar refractivity (Wildman–Crippen MR) is 74.4 cm³/mol. The molecule has 0 aliphatic carbocycles. The molecule has 0 spiro atoms. The van der Waals surface area contributed by atoms with Crippen molar-refractivity contribution in [1.82, 2.24) is 9.55 Å². The van der Waals surface area contributed by atoms with Gasteiger partial charge in [0.15, 0.2) is 5.03 Å². The number of hydrogen-bond acceptors (Lipinski definition) is 5. The molecular weight excluding hydrogens is 264 g/mol. The molecule has 0 aliphatic rings. The van der Waals surface area contributed by atoms with Crippen LogP contribution in [0.25, 0.3) is 11.0 Å². The molecule has 0 saturated heterocycles. The number of fused-ring (bicyclic) bond motifs is 1. The van der Waals surface area contributed by atoms with Crippen molar-refractivity contribution in [2.45, 2.75) is 18.5 Å². The van der Waals surface area contributed by atoms with Crippen molar-refractivity contribution >= 4 is 28.8 Å².